The van der Waals surface area contributed by atoms with Gasteiger partial charge < -0.3 is 10.4 Å². The second-order valence-electron chi connectivity index (χ2n) is 5.22. The Hall–Kier alpha value is -0.570. The maximum atomic E-state index is 12.0. The highest BCUT2D eigenvalue weighted by Crippen LogP contribution is 2.22. The lowest BCUT2D eigenvalue weighted by atomic mass is 9.98. The fraction of sp³-hybridized carbons (Fsp3) is 0.929. The Balaban J connectivity index is 2.26. The van der Waals surface area contributed by atoms with Crippen molar-refractivity contribution < 1.29 is 9.90 Å². The van der Waals surface area contributed by atoms with E-state index in [0.29, 0.717) is 5.92 Å². The van der Waals surface area contributed by atoms with Crippen molar-refractivity contribution in [2.75, 3.05) is 13.2 Å². The van der Waals surface area contributed by atoms with Crippen molar-refractivity contribution in [2.24, 2.45) is 11.8 Å². The Morgan fingerprint density at radius 2 is 1.94 bits per heavy atom. The summed E-state index contributed by atoms with van der Waals surface area (Å²) >= 11 is 0. The molecule has 1 rings (SSSR count). The highest BCUT2D eigenvalue weighted by atomic mass is 16.3. The van der Waals surface area contributed by atoms with Gasteiger partial charge in [0.05, 0.1) is 0 Å². The predicted molar refractivity (Wildman–Crippen MR) is 69.7 cm³/mol. The molecule has 0 saturated heterocycles. The van der Waals surface area contributed by atoms with Crippen molar-refractivity contribution >= 4 is 5.91 Å². The zero-order chi connectivity index (χ0) is 12.5. The molecule has 1 fully saturated rings. The molecule has 1 aliphatic carbocycles. The average Bonchev–Trinajstić information content (AvgIpc) is 2.62. The maximum absolute atomic E-state index is 12.0. The molecule has 1 aliphatic rings. The molecule has 3 nitrogen and oxygen atoms in total. The second-order valence-corrected chi connectivity index (χ2v) is 5.22. The van der Waals surface area contributed by atoms with E-state index in [1.165, 1.54) is 25.7 Å². The molecule has 0 aliphatic heterocycles. The lowest BCUT2D eigenvalue weighted by Gasteiger charge is -2.18. The first-order valence-corrected chi connectivity index (χ1v) is 7.16. The van der Waals surface area contributed by atoms with E-state index in [9.17, 15) is 4.79 Å². The van der Waals surface area contributed by atoms with Crippen LogP contribution in [0.4, 0.5) is 0 Å². The molecule has 1 saturated carbocycles. The van der Waals surface area contributed by atoms with Gasteiger partial charge in [-0.3, -0.25) is 4.79 Å². The molecule has 0 spiro atoms. The van der Waals surface area contributed by atoms with Crippen molar-refractivity contribution in [2.45, 2.75) is 58.3 Å². The minimum atomic E-state index is 0.220. The van der Waals surface area contributed by atoms with Crippen LogP contribution >= 0.6 is 0 Å². The predicted octanol–water partition coefficient (Wildman–Crippen LogP) is 2.48. The third-order valence-electron chi connectivity index (χ3n) is 3.91. The van der Waals surface area contributed by atoms with E-state index in [2.05, 4.69) is 12.2 Å². The summed E-state index contributed by atoms with van der Waals surface area (Å²) < 4.78 is 0. The van der Waals surface area contributed by atoms with Gasteiger partial charge in [0.1, 0.15) is 0 Å². The Labute approximate surface area is 105 Å². The molecular formula is C14H27NO2. The molecule has 0 bridgehead atoms. The van der Waals surface area contributed by atoms with E-state index in [1.807, 2.05) is 0 Å². The molecule has 0 radical (unpaired) electrons. The molecule has 100 valence electrons. The van der Waals surface area contributed by atoms with Gasteiger partial charge in [0.25, 0.3) is 0 Å². The van der Waals surface area contributed by atoms with Crippen molar-refractivity contribution in [3.05, 3.63) is 0 Å². The molecule has 1 unspecified atom stereocenters. The van der Waals surface area contributed by atoms with Crippen molar-refractivity contribution in [1.82, 2.24) is 5.32 Å². The monoisotopic (exact) mass is 241 g/mol. The van der Waals surface area contributed by atoms with Gasteiger partial charge in [-0.25, -0.2) is 0 Å². The van der Waals surface area contributed by atoms with Gasteiger partial charge in [-0.2, -0.15) is 0 Å². The molecule has 0 aromatic heterocycles. The van der Waals surface area contributed by atoms with E-state index < -0.39 is 0 Å². The van der Waals surface area contributed by atoms with Gasteiger partial charge in [0, 0.05) is 19.1 Å². The van der Waals surface area contributed by atoms with Crippen LogP contribution in [0.25, 0.3) is 0 Å². The van der Waals surface area contributed by atoms with Crippen molar-refractivity contribution in [1.29, 1.82) is 0 Å². The van der Waals surface area contributed by atoms with Gasteiger partial charge in [-0.15, -0.1) is 0 Å². The zero-order valence-electron chi connectivity index (χ0n) is 11.1. The van der Waals surface area contributed by atoms with E-state index >= 15 is 0 Å². The van der Waals surface area contributed by atoms with Crippen LogP contribution in [0.15, 0.2) is 0 Å². The van der Waals surface area contributed by atoms with Crippen molar-refractivity contribution in [3.8, 4) is 0 Å². The summed E-state index contributed by atoms with van der Waals surface area (Å²) in [4.78, 5) is 12.0. The van der Waals surface area contributed by atoms with E-state index in [4.69, 9.17) is 5.11 Å². The quantitative estimate of drug-likeness (QED) is 0.702. The van der Waals surface area contributed by atoms with Gasteiger partial charge >= 0.3 is 0 Å². The van der Waals surface area contributed by atoms with Crippen LogP contribution in [0.3, 0.4) is 0 Å². The SMILES string of the molecule is CCC(CCO)CNC(=O)C1CCCCCC1. The number of rotatable bonds is 6. The minimum Gasteiger partial charge on any atom is -0.396 e. The number of carbonyl (C=O) groups excluding carboxylic acids is 1. The molecule has 2 N–H and O–H groups in total. The number of aliphatic hydroxyl groups is 1. The molecule has 0 aromatic carbocycles. The number of carbonyl (C=O) groups is 1. The average molecular weight is 241 g/mol. The van der Waals surface area contributed by atoms with Gasteiger partial charge in [-0.05, 0) is 25.2 Å². The van der Waals surface area contributed by atoms with E-state index in [-0.39, 0.29) is 18.4 Å². The topological polar surface area (TPSA) is 49.3 Å². The lowest BCUT2D eigenvalue weighted by molar-refractivity contribution is -0.125. The zero-order valence-corrected chi connectivity index (χ0v) is 11.1. The normalized spacial score (nSPS) is 19.6. The number of aliphatic hydroxyl groups excluding tert-OH is 1. The Kier molecular flexibility index (Phi) is 7.25. The largest absolute Gasteiger partial charge is 0.396 e. The van der Waals surface area contributed by atoms with Crippen LogP contribution in [0.1, 0.15) is 58.3 Å². The lowest BCUT2D eigenvalue weighted by Crippen LogP contribution is -2.34. The van der Waals surface area contributed by atoms with E-state index in [0.717, 1.165) is 32.2 Å². The van der Waals surface area contributed by atoms with Crippen LogP contribution in [0, 0.1) is 11.8 Å². The first-order chi connectivity index (χ1) is 8.27. The summed E-state index contributed by atoms with van der Waals surface area (Å²) in [6, 6.07) is 0. The van der Waals surface area contributed by atoms with Gasteiger partial charge in [0.15, 0.2) is 0 Å². The molecule has 0 heterocycles. The molecule has 17 heavy (non-hydrogen) atoms. The van der Waals surface area contributed by atoms with E-state index in [1.54, 1.807) is 0 Å². The summed E-state index contributed by atoms with van der Waals surface area (Å²) in [5.41, 5.74) is 0. The fourth-order valence-corrected chi connectivity index (χ4v) is 2.56. The third-order valence-corrected chi connectivity index (χ3v) is 3.91. The summed E-state index contributed by atoms with van der Waals surface area (Å²) in [6.07, 6.45) is 8.90. The second kappa shape index (κ2) is 8.51. The fourth-order valence-electron chi connectivity index (χ4n) is 2.56. The Morgan fingerprint density at radius 1 is 1.29 bits per heavy atom. The number of nitrogens with one attached hydrogen (secondary N) is 1. The standard InChI is InChI=1S/C14H27NO2/c1-2-12(9-10-16)11-15-14(17)13-7-5-3-4-6-8-13/h12-13,16H,2-11H2,1H3,(H,15,17). The minimum absolute atomic E-state index is 0.220. The van der Waals surface area contributed by atoms with Crippen LogP contribution in [0.2, 0.25) is 0 Å². The number of amides is 1. The van der Waals surface area contributed by atoms with Crippen LogP contribution in [-0.2, 0) is 4.79 Å². The van der Waals surface area contributed by atoms with Gasteiger partial charge in [0.2, 0.25) is 5.91 Å². The first-order valence-electron chi connectivity index (χ1n) is 7.16. The first kappa shape index (κ1) is 14.5. The third kappa shape index (κ3) is 5.53. The molecule has 1 atom stereocenters. The highest BCUT2D eigenvalue weighted by molar-refractivity contribution is 5.78. The van der Waals surface area contributed by atoms with Crippen LogP contribution < -0.4 is 5.32 Å². The maximum Gasteiger partial charge on any atom is 0.223 e. The number of hydrogen-bond donors (Lipinski definition) is 2. The van der Waals surface area contributed by atoms with Crippen LogP contribution in [-0.4, -0.2) is 24.2 Å². The molecule has 1 amide bonds. The Bertz CT molecular complexity index is 210. The summed E-state index contributed by atoms with van der Waals surface area (Å²) in [5, 5.41) is 12.0. The summed E-state index contributed by atoms with van der Waals surface area (Å²) in [5.74, 6) is 0.905. The molecule has 0 aromatic rings. The summed E-state index contributed by atoms with van der Waals surface area (Å²) in [6.45, 7) is 3.06. The summed E-state index contributed by atoms with van der Waals surface area (Å²) in [7, 11) is 0. The van der Waals surface area contributed by atoms with Crippen LogP contribution in [0.5, 0.6) is 0 Å². The van der Waals surface area contributed by atoms with Gasteiger partial charge in [-0.1, -0.05) is 39.0 Å². The molecular weight excluding hydrogens is 214 g/mol. The smallest absolute Gasteiger partial charge is 0.223 e. The Morgan fingerprint density at radius 3 is 2.47 bits per heavy atom. The number of hydrogen-bond acceptors (Lipinski definition) is 2. The van der Waals surface area contributed by atoms with Crippen molar-refractivity contribution in [3.63, 3.8) is 0 Å². The highest BCUT2D eigenvalue weighted by Gasteiger charge is 2.20. The molecule has 3 heteroatoms.